The average Bonchev–Trinajstić information content (AvgIpc) is 3.50. The van der Waals surface area contributed by atoms with Crippen LogP contribution in [0.4, 0.5) is 5.69 Å². The third kappa shape index (κ3) is 4.33. The van der Waals surface area contributed by atoms with Gasteiger partial charge in [0.15, 0.2) is 11.5 Å². The van der Waals surface area contributed by atoms with Gasteiger partial charge in [0.25, 0.3) is 5.69 Å². The highest BCUT2D eigenvalue weighted by Crippen LogP contribution is 2.41. The number of aromatic nitrogens is 3. The normalized spacial score (nSPS) is 11.1. The molecule has 0 bridgehead atoms. The van der Waals surface area contributed by atoms with Crippen LogP contribution < -0.4 is 9.47 Å². The molecule has 37 heavy (non-hydrogen) atoms. The quantitative estimate of drug-likeness (QED) is 0.151. The maximum Gasteiger partial charge on any atom is 0.355 e. The molecular formula is C26H22N4O6S. The van der Waals surface area contributed by atoms with Gasteiger partial charge in [0.2, 0.25) is 0 Å². The van der Waals surface area contributed by atoms with Crippen molar-refractivity contribution in [2.45, 2.75) is 13.5 Å². The lowest BCUT2D eigenvalue weighted by molar-refractivity contribution is -0.384. The summed E-state index contributed by atoms with van der Waals surface area (Å²) in [5.41, 5.74) is 4.41. The fourth-order valence-corrected chi connectivity index (χ4v) is 4.94. The van der Waals surface area contributed by atoms with Gasteiger partial charge in [0.1, 0.15) is 16.7 Å². The summed E-state index contributed by atoms with van der Waals surface area (Å²) in [6, 6.07) is 15.5. The largest absolute Gasteiger partial charge is 0.493 e. The Bertz CT molecular complexity index is 1660. The zero-order valence-corrected chi connectivity index (χ0v) is 21.1. The van der Waals surface area contributed by atoms with E-state index in [9.17, 15) is 14.9 Å². The summed E-state index contributed by atoms with van der Waals surface area (Å²) in [6.07, 6.45) is 0. The molecule has 0 aliphatic heterocycles. The molecule has 0 saturated carbocycles. The van der Waals surface area contributed by atoms with Gasteiger partial charge in [0.05, 0.1) is 43.0 Å². The summed E-state index contributed by atoms with van der Waals surface area (Å²) in [7, 11) is 3.05. The van der Waals surface area contributed by atoms with Gasteiger partial charge < -0.3 is 18.8 Å². The fourth-order valence-electron chi connectivity index (χ4n) is 4.42. The van der Waals surface area contributed by atoms with E-state index in [1.807, 2.05) is 22.8 Å². The van der Waals surface area contributed by atoms with E-state index in [1.165, 1.54) is 26.4 Å². The van der Waals surface area contributed by atoms with E-state index in [1.54, 1.807) is 31.2 Å². The Morgan fingerprint density at radius 3 is 2.51 bits per heavy atom. The Labute approximate surface area is 215 Å². The van der Waals surface area contributed by atoms with Crippen LogP contribution in [0, 0.1) is 10.1 Å². The number of nitro benzene ring substituents is 1. The van der Waals surface area contributed by atoms with Crippen molar-refractivity contribution in [3.63, 3.8) is 0 Å². The first-order valence-corrected chi connectivity index (χ1v) is 12.1. The van der Waals surface area contributed by atoms with Crippen LogP contribution in [0.5, 0.6) is 11.5 Å². The molecule has 0 radical (unpaired) electrons. The van der Waals surface area contributed by atoms with E-state index in [0.717, 1.165) is 28.3 Å². The monoisotopic (exact) mass is 518 g/mol. The molecule has 0 atom stereocenters. The molecule has 0 aliphatic rings. The van der Waals surface area contributed by atoms with Crippen LogP contribution in [-0.2, 0) is 11.3 Å². The van der Waals surface area contributed by atoms with Crippen LogP contribution in [0.3, 0.4) is 0 Å². The highest BCUT2D eigenvalue weighted by molar-refractivity contribution is 7.00. The summed E-state index contributed by atoms with van der Waals surface area (Å²) in [5.74, 6) is 0.439. The molecule has 2 aromatic heterocycles. The molecule has 0 spiro atoms. The van der Waals surface area contributed by atoms with Crippen molar-refractivity contribution >= 4 is 45.3 Å². The summed E-state index contributed by atoms with van der Waals surface area (Å²) in [6.45, 7) is 2.21. The first-order chi connectivity index (χ1) is 17.9. The second-order valence-electron chi connectivity index (χ2n) is 8.15. The molecule has 0 unspecified atom stereocenters. The number of ether oxygens (including phenoxy) is 3. The number of rotatable bonds is 8. The van der Waals surface area contributed by atoms with Gasteiger partial charge in [-0.15, -0.1) is 0 Å². The fraction of sp³-hybridized carbons (Fsp3) is 0.192. The molecule has 10 nitrogen and oxygen atoms in total. The third-order valence-electron chi connectivity index (χ3n) is 6.06. The number of fused-ring (bicyclic) bond motifs is 2. The van der Waals surface area contributed by atoms with Crippen LogP contribution in [0.1, 0.15) is 23.0 Å². The molecule has 11 heteroatoms. The van der Waals surface area contributed by atoms with E-state index in [-0.39, 0.29) is 18.0 Å². The molecular weight excluding hydrogens is 496 g/mol. The predicted molar refractivity (Wildman–Crippen MR) is 140 cm³/mol. The number of carbonyl (C=O) groups excluding carboxylic acids is 1. The maximum atomic E-state index is 13.4. The number of nitro groups is 1. The lowest BCUT2D eigenvalue weighted by Crippen LogP contribution is -2.14. The highest BCUT2D eigenvalue weighted by Gasteiger charge is 2.27. The number of nitrogens with zero attached hydrogens (tertiary/aromatic N) is 4. The maximum absolute atomic E-state index is 13.4. The molecule has 3 aromatic carbocycles. The van der Waals surface area contributed by atoms with Crippen LogP contribution in [0.15, 0.2) is 54.6 Å². The number of methoxy groups -OCH3 is 2. The van der Waals surface area contributed by atoms with E-state index in [0.29, 0.717) is 40.1 Å². The minimum atomic E-state index is -0.539. The average molecular weight is 519 g/mol. The molecule has 0 amide bonds. The van der Waals surface area contributed by atoms with Gasteiger partial charge in [-0.2, -0.15) is 8.75 Å². The molecule has 0 fully saturated rings. The molecule has 5 rings (SSSR count). The van der Waals surface area contributed by atoms with Crippen LogP contribution in [-0.4, -0.2) is 45.0 Å². The van der Waals surface area contributed by atoms with E-state index in [4.69, 9.17) is 14.2 Å². The molecule has 0 saturated heterocycles. The predicted octanol–water partition coefficient (Wildman–Crippen LogP) is 5.46. The zero-order valence-electron chi connectivity index (χ0n) is 20.3. The summed E-state index contributed by atoms with van der Waals surface area (Å²) >= 11 is 1.13. The molecule has 2 heterocycles. The van der Waals surface area contributed by atoms with E-state index >= 15 is 0 Å². The summed E-state index contributed by atoms with van der Waals surface area (Å²) in [4.78, 5) is 24.6. The van der Waals surface area contributed by atoms with Gasteiger partial charge in [-0.25, -0.2) is 4.79 Å². The molecule has 0 N–H and O–H groups in total. The SMILES string of the molecule is CCOC(=O)c1c(-c2ccc(OC)c(OC)c2)c2cc([N+](=O)[O-])ccc2n1Cc1ccc2nsnc2c1. The standard InChI is InChI=1S/C26H22N4O6S/c1-4-36-26(31)25-24(16-6-10-22(34-2)23(12-16)35-3)18-13-17(30(32)33)7-9-21(18)29(25)14-15-5-8-19-20(11-15)28-37-27-19/h5-13H,4,14H2,1-3H3. The first kappa shape index (κ1) is 24.2. The van der Waals surface area contributed by atoms with E-state index < -0.39 is 10.9 Å². The minimum Gasteiger partial charge on any atom is -0.493 e. The van der Waals surface area contributed by atoms with E-state index in [2.05, 4.69) is 8.75 Å². The smallest absolute Gasteiger partial charge is 0.355 e. The summed E-state index contributed by atoms with van der Waals surface area (Å²) in [5, 5.41) is 12.2. The van der Waals surface area contributed by atoms with Gasteiger partial charge in [0, 0.05) is 29.6 Å². The molecule has 5 aromatic rings. The second-order valence-corrected chi connectivity index (χ2v) is 8.67. The Kier molecular flexibility index (Phi) is 6.45. The Hall–Kier alpha value is -4.51. The lowest BCUT2D eigenvalue weighted by atomic mass is 10.0. The zero-order chi connectivity index (χ0) is 26.1. The number of hydrogen-bond donors (Lipinski definition) is 0. The van der Waals surface area contributed by atoms with Crippen molar-refractivity contribution in [2.24, 2.45) is 0 Å². The minimum absolute atomic E-state index is 0.0863. The Balaban J connectivity index is 1.81. The molecule has 188 valence electrons. The third-order valence-corrected chi connectivity index (χ3v) is 6.61. The van der Waals surface area contributed by atoms with Crippen LogP contribution >= 0.6 is 11.7 Å². The number of non-ortho nitro benzene ring substituents is 1. The lowest BCUT2D eigenvalue weighted by Gasteiger charge is -2.13. The van der Waals surface area contributed by atoms with Gasteiger partial charge in [-0.05, 0) is 48.4 Å². The van der Waals surface area contributed by atoms with Crippen molar-refractivity contribution in [1.29, 1.82) is 0 Å². The number of hydrogen-bond acceptors (Lipinski definition) is 9. The van der Waals surface area contributed by atoms with Crippen molar-refractivity contribution in [3.8, 4) is 22.6 Å². The van der Waals surface area contributed by atoms with Crippen LogP contribution in [0.25, 0.3) is 33.1 Å². The Morgan fingerprint density at radius 1 is 1.00 bits per heavy atom. The van der Waals surface area contributed by atoms with Gasteiger partial charge >= 0.3 is 5.97 Å². The van der Waals surface area contributed by atoms with Crippen LogP contribution in [0.2, 0.25) is 0 Å². The number of carbonyl (C=O) groups is 1. The van der Waals surface area contributed by atoms with Crippen molar-refractivity contribution in [2.75, 3.05) is 20.8 Å². The van der Waals surface area contributed by atoms with Gasteiger partial charge in [-0.1, -0.05) is 12.1 Å². The number of benzene rings is 3. The van der Waals surface area contributed by atoms with Crippen molar-refractivity contribution in [1.82, 2.24) is 13.3 Å². The first-order valence-electron chi connectivity index (χ1n) is 11.4. The number of esters is 1. The van der Waals surface area contributed by atoms with Gasteiger partial charge in [-0.3, -0.25) is 10.1 Å². The van der Waals surface area contributed by atoms with Crippen molar-refractivity contribution in [3.05, 3.63) is 76.0 Å². The topological polar surface area (TPSA) is 119 Å². The van der Waals surface area contributed by atoms with Crippen molar-refractivity contribution < 1.29 is 23.9 Å². The molecule has 0 aliphatic carbocycles. The Morgan fingerprint density at radius 2 is 1.78 bits per heavy atom. The second kappa shape index (κ2) is 9.86. The highest BCUT2D eigenvalue weighted by atomic mass is 32.1. The summed E-state index contributed by atoms with van der Waals surface area (Å²) < 4.78 is 26.7.